The number of aromatic nitrogens is 2. The van der Waals surface area contributed by atoms with E-state index in [0.29, 0.717) is 11.2 Å². The Bertz CT molecular complexity index is 621. The van der Waals surface area contributed by atoms with E-state index >= 15 is 0 Å². The number of carboxylic acids is 1. The second kappa shape index (κ2) is 4.34. The molecular formula is C11H11N3O3. The summed E-state index contributed by atoms with van der Waals surface area (Å²) in [5.74, 6) is -1.14. The Balaban J connectivity index is 2.46. The van der Waals surface area contributed by atoms with Crippen molar-refractivity contribution in [2.75, 3.05) is 0 Å². The van der Waals surface area contributed by atoms with E-state index in [9.17, 15) is 9.59 Å². The van der Waals surface area contributed by atoms with E-state index < -0.39 is 12.0 Å². The van der Waals surface area contributed by atoms with Crippen molar-refractivity contribution >= 4 is 11.6 Å². The maximum atomic E-state index is 12.0. The number of nitrogens with zero attached hydrogens (tertiary/aromatic N) is 2. The van der Waals surface area contributed by atoms with E-state index in [1.807, 2.05) is 0 Å². The van der Waals surface area contributed by atoms with Crippen LogP contribution < -0.4 is 11.3 Å². The molecular weight excluding hydrogens is 222 g/mol. The average Bonchev–Trinajstić information content (AvgIpc) is 2.33. The normalized spacial score (nSPS) is 12.5. The molecule has 0 unspecified atom stereocenters. The summed E-state index contributed by atoms with van der Waals surface area (Å²) in [6, 6.07) is 4.08. The standard InChI is InChI=1S/C11H11N3O3/c12-8(11(16)17)5-7-6-13-9-3-1-2-4-14(9)10(7)15/h1-4,6,8H,5,12H2,(H,16,17)/t8-/m0/s1. The number of aliphatic carboxylic acids is 1. The molecule has 88 valence electrons. The highest BCUT2D eigenvalue weighted by atomic mass is 16.4. The van der Waals surface area contributed by atoms with Crippen molar-refractivity contribution < 1.29 is 9.90 Å². The molecule has 0 aliphatic heterocycles. The van der Waals surface area contributed by atoms with Gasteiger partial charge >= 0.3 is 5.97 Å². The van der Waals surface area contributed by atoms with Gasteiger partial charge in [0.1, 0.15) is 11.7 Å². The molecule has 17 heavy (non-hydrogen) atoms. The number of carboxylic acid groups (broad SMARTS) is 1. The maximum Gasteiger partial charge on any atom is 0.320 e. The number of nitrogens with two attached hydrogens (primary N) is 1. The first-order valence-corrected chi connectivity index (χ1v) is 5.03. The molecule has 0 saturated carbocycles. The van der Waals surface area contributed by atoms with Crippen LogP contribution in [0.4, 0.5) is 0 Å². The highest BCUT2D eigenvalue weighted by Gasteiger charge is 2.15. The van der Waals surface area contributed by atoms with Crippen LogP contribution in [0.2, 0.25) is 0 Å². The lowest BCUT2D eigenvalue weighted by molar-refractivity contribution is -0.138. The number of hydrogen-bond donors (Lipinski definition) is 2. The van der Waals surface area contributed by atoms with Gasteiger partial charge in [-0.05, 0) is 12.1 Å². The van der Waals surface area contributed by atoms with E-state index in [1.165, 1.54) is 10.6 Å². The van der Waals surface area contributed by atoms with Crippen LogP contribution in [0.5, 0.6) is 0 Å². The highest BCUT2D eigenvalue weighted by molar-refractivity contribution is 5.73. The molecule has 0 amide bonds. The zero-order valence-corrected chi connectivity index (χ0v) is 8.91. The van der Waals surface area contributed by atoms with Gasteiger partial charge in [0, 0.05) is 24.4 Å². The molecule has 0 aliphatic rings. The molecule has 0 aromatic carbocycles. The zero-order valence-electron chi connectivity index (χ0n) is 8.91. The average molecular weight is 233 g/mol. The largest absolute Gasteiger partial charge is 0.480 e. The molecule has 0 radical (unpaired) electrons. The minimum absolute atomic E-state index is 0.0288. The number of fused-ring (bicyclic) bond motifs is 1. The summed E-state index contributed by atoms with van der Waals surface area (Å²) in [7, 11) is 0. The quantitative estimate of drug-likeness (QED) is 0.755. The Morgan fingerprint density at radius 2 is 2.29 bits per heavy atom. The summed E-state index contributed by atoms with van der Waals surface area (Å²) in [6.45, 7) is 0. The molecule has 3 N–H and O–H groups in total. The second-order valence-electron chi connectivity index (χ2n) is 3.67. The Morgan fingerprint density at radius 3 is 3.00 bits per heavy atom. The lowest BCUT2D eigenvalue weighted by Gasteiger charge is -2.06. The molecule has 2 rings (SSSR count). The van der Waals surface area contributed by atoms with Crippen molar-refractivity contribution in [3.05, 3.63) is 46.5 Å². The monoisotopic (exact) mass is 233 g/mol. The van der Waals surface area contributed by atoms with Gasteiger partial charge in [-0.1, -0.05) is 6.07 Å². The van der Waals surface area contributed by atoms with Gasteiger partial charge in [0.25, 0.3) is 5.56 Å². The van der Waals surface area contributed by atoms with E-state index in [2.05, 4.69) is 4.98 Å². The lowest BCUT2D eigenvalue weighted by Crippen LogP contribution is -2.35. The van der Waals surface area contributed by atoms with Crippen LogP contribution in [0.25, 0.3) is 5.65 Å². The van der Waals surface area contributed by atoms with Crippen LogP contribution in [0.15, 0.2) is 35.4 Å². The fourth-order valence-electron chi connectivity index (χ4n) is 1.53. The van der Waals surface area contributed by atoms with Crippen molar-refractivity contribution in [3.63, 3.8) is 0 Å². The molecule has 0 bridgehead atoms. The Hall–Kier alpha value is -2.21. The predicted molar refractivity (Wildman–Crippen MR) is 60.8 cm³/mol. The van der Waals surface area contributed by atoms with Crippen molar-refractivity contribution in [2.45, 2.75) is 12.5 Å². The number of rotatable bonds is 3. The third-order valence-electron chi connectivity index (χ3n) is 2.44. The second-order valence-corrected chi connectivity index (χ2v) is 3.67. The Morgan fingerprint density at radius 1 is 1.53 bits per heavy atom. The van der Waals surface area contributed by atoms with Gasteiger partial charge in [-0.2, -0.15) is 0 Å². The maximum absolute atomic E-state index is 12.0. The minimum Gasteiger partial charge on any atom is -0.480 e. The Kier molecular flexibility index (Phi) is 2.88. The molecule has 0 spiro atoms. The van der Waals surface area contributed by atoms with E-state index in [4.69, 9.17) is 10.8 Å². The molecule has 0 fully saturated rings. The van der Waals surface area contributed by atoms with Gasteiger partial charge in [-0.15, -0.1) is 0 Å². The van der Waals surface area contributed by atoms with Crippen LogP contribution >= 0.6 is 0 Å². The first-order chi connectivity index (χ1) is 8.09. The van der Waals surface area contributed by atoms with Crippen LogP contribution in [0.1, 0.15) is 5.56 Å². The minimum atomic E-state index is -1.14. The van der Waals surface area contributed by atoms with Crippen LogP contribution in [0.3, 0.4) is 0 Å². The molecule has 2 aromatic heterocycles. The SMILES string of the molecule is N[C@@H](Cc1cnc2ccccn2c1=O)C(=O)O. The van der Waals surface area contributed by atoms with E-state index in [0.717, 1.165) is 0 Å². The molecule has 0 aliphatic carbocycles. The lowest BCUT2D eigenvalue weighted by atomic mass is 10.1. The fraction of sp³-hybridized carbons (Fsp3) is 0.182. The van der Waals surface area contributed by atoms with Crippen molar-refractivity contribution in [2.24, 2.45) is 5.73 Å². The van der Waals surface area contributed by atoms with E-state index in [1.54, 1.807) is 24.4 Å². The summed E-state index contributed by atoms with van der Waals surface area (Å²) in [6.07, 6.45) is 2.93. The van der Waals surface area contributed by atoms with Gasteiger partial charge in [0.15, 0.2) is 0 Å². The van der Waals surface area contributed by atoms with Crippen LogP contribution in [-0.2, 0) is 11.2 Å². The highest BCUT2D eigenvalue weighted by Crippen LogP contribution is 1.99. The van der Waals surface area contributed by atoms with Crippen molar-refractivity contribution in [3.8, 4) is 0 Å². The van der Waals surface area contributed by atoms with E-state index in [-0.39, 0.29) is 12.0 Å². The van der Waals surface area contributed by atoms with Gasteiger partial charge in [-0.3, -0.25) is 14.0 Å². The van der Waals surface area contributed by atoms with Gasteiger partial charge in [0.05, 0.1) is 0 Å². The zero-order chi connectivity index (χ0) is 12.4. The number of carbonyl (C=O) groups is 1. The smallest absolute Gasteiger partial charge is 0.320 e. The van der Waals surface area contributed by atoms with Gasteiger partial charge in [-0.25, -0.2) is 4.98 Å². The summed E-state index contributed by atoms with van der Waals surface area (Å²) in [4.78, 5) is 26.7. The molecule has 1 atom stereocenters. The topological polar surface area (TPSA) is 97.7 Å². The summed E-state index contributed by atoms with van der Waals surface area (Å²) < 4.78 is 1.36. The molecule has 0 saturated heterocycles. The first kappa shape index (κ1) is 11.3. The molecule has 6 heteroatoms. The van der Waals surface area contributed by atoms with Crippen LogP contribution in [0, 0.1) is 0 Å². The summed E-state index contributed by atoms with van der Waals surface area (Å²) >= 11 is 0. The third kappa shape index (κ3) is 2.16. The predicted octanol–water partition coefficient (Wildman–Crippen LogP) is -0.351. The Labute approximate surface area is 96.3 Å². The summed E-state index contributed by atoms with van der Waals surface area (Å²) in [5, 5.41) is 8.69. The third-order valence-corrected chi connectivity index (χ3v) is 2.44. The molecule has 6 nitrogen and oxygen atoms in total. The van der Waals surface area contributed by atoms with Crippen molar-refractivity contribution in [1.82, 2.24) is 9.38 Å². The van der Waals surface area contributed by atoms with Crippen molar-refractivity contribution in [1.29, 1.82) is 0 Å². The molecule has 2 heterocycles. The summed E-state index contributed by atoms with van der Waals surface area (Å²) in [5.41, 5.74) is 5.91. The molecule has 2 aromatic rings. The fourth-order valence-corrected chi connectivity index (χ4v) is 1.53. The van der Waals surface area contributed by atoms with Crippen LogP contribution in [-0.4, -0.2) is 26.5 Å². The van der Waals surface area contributed by atoms with Gasteiger partial charge in [0.2, 0.25) is 0 Å². The first-order valence-electron chi connectivity index (χ1n) is 5.03. The number of hydrogen-bond acceptors (Lipinski definition) is 4. The number of pyridine rings is 1. The van der Waals surface area contributed by atoms with Gasteiger partial charge < -0.3 is 10.8 Å².